The highest BCUT2D eigenvalue weighted by molar-refractivity contribution is 6.04. The van der Waals surface area contributed by atoms with Crippen molar-refractivity contribution in [1.29, 1.82) is 0 Å². The molecule has 4 heteroatoms. The van der Waals surface area contributed by atoms with Crippen LogP contribution in [-0.2, 0) is 0 Å². The number of unbranched alkanes of at least 4 members (excludes halogenated alkanes) is 1. The van der Waals surface area contributed by atoms with Crippen molar-refractivity contribution in [2.75, 3.05) is 17.2 Å². The summed E-state index contributed by atoms with van der Waals surface area (Å²) in [6.07, 6.45) is 3.90. The van der Waals surface area contributed by atoms with Crippen LogP contribution < -0.4 is 10.6 Å². The average molecular weight is 297 g/mol. The molecular weight excluding hydrogens is 274 g/mol. The van der Waals surface area contributed by atoms with Gasteiger partial charge < -0.3 is 10.6 Å². The van der Waals surface area contributed by atoms with Gasteiger partial charge >= 0.3 is 0 Å². The Balaban J connectivity index is 2.11. The largest absolute Gasteiger partial charge is 0.385 e. The summed E-state index contributed by atoms with van der Waals surface area (Å²) in [6.45, 7) is 7.02. The molecule has 0 saturated heterocycles. The fourth-order valence-corrected chi connectivity index (χ4v) is 2.26. The maximum Gasteiger partial charge on any atom is 0.274 e. The molecule has 22 heavy (non-hydrogen) atoms. The molecule has 0 aliphatic heterocycles. The van der Waals surface area contributed by atoms with Crippen molar-refractivity contribution in [1.82, 2.24) is 4.98 Å². The standard InChI is InChI=1S/C18H23N3O/c1-4-5-10-19-15-9-11-20-16(12-15)18(22)21-17-13(2)7-6-8-14(17)3/h6-9,11-12H,4-5,10H2,1-3H3,(H,19,20)(H,21,22). The van der Waals surface area contributed by atoms with Crippen LogP contribution in [0.4, 0.5) is 11.4 Å². The zero-order valence-corrected chi connectivity index (χ0v) is 13.4. The fourth-order valence-electron chi connectivity index (χ4n) is 2.26. The second kappa shape index (κ2) is 7.59. The van der Waals surface area contributed by atoms with Crippen molar-refractivity contribution < 1.29 is 4.79 Å². The molecule has 0 spiro atoms. The van der Waals surface area contributed by atoms with Crippen LogP contribution in [0.1, 0.15) is 41.4 Å². The molecule has 1 heterocycles. The van der Waals surface area contributed by atoms with Crippen molar-refractivity contribution in [3.63, 3.8) is 0 Å². The number of pyridine rings is 1. The molecule has 0 atom stereocenters. The SMILES string of the molecule is CCCCNc1ccnc(C(=O)Nc2c(C)cccc2C)c1. The molecular formula is C18H23N3O. The third-order valence-corrected chi connectivity index (χ3v) is 3.57. The van der Waals surface area contributed by atoms with Crippen LogP contribution in [0.15, 0.2) is 36.5 Å². The summed E-state index contributed by atoms with van der Waals surface area (Å²) >= 11 is 0. The Morgan fingerprint density at radius 2 is 1.91 bits per heavy atom. The van der Waals surface area contributed by atoms with E-state index in [-0.39, 0.29) is 5.91 Å². The van der Waals surface area contributed by atoms with Gasteiger partial charge in [0.15, 0.2) is 0 Å². The topological polar surface area (TPSA) is 54.0 Å². The van der Waals surface area contributed by atoms with Crippen molar-refractivity contribution in [2.45, 2.75) is 33.6 Å². The maximum atomic E-state index is 12.4. The number of aryl methyl sites for hydroxylation is 2. The van der Waals surface area contributed by atoms with E-state index in [1.165, 1.54) is 0 Å². The molecule has 4 nitrogen and oxygen atoms in total. The number of benzene rings is 1. The first kappa shape index (κ1) is 16.0. The molecule has 116 valence electrons. The van der Waals surface area contributed by atoms with Gasteiger partial charge in [-0.2, -0.15) is 0 Å². The molecule has 2 N–H and O–H groups in total. The summed E-state index contributed by atoms with van der Waals surface area (Å²) in [6, 6.07) is 9.62. The molecule has 1 aromatic heterocycles. The number of carbonyl (C=O) groups is 1. The van der Waals surface area contributed by atoms with Gasteiger partial charge in [0.2, 0.25) is 0 Å². The lowest BCUT2D eigenvalue weighted by molar-refractivity contribution is 0.102. The van der Waals surface area contributed by atoms with E-state index in [0.29, 0.717) is 5.69 Å². The van der Waals surface area contributed by atoms with Gasteiger partial charge in [-0.3, -0.25) is 9.78 Å². The number of hydrogen-bond acceptors (Lipinski definition) is 3. The monoisotopic (exact) mass is 297 g/mol. The van der Waals surface area contributed by atoms with Crippen molar-refractivity contribution in [3.05, 3.63) is 53.3 Å². The van der Waals surface area contributed by atoms with Crippen molar-refractivity contribution >= 4 is 17.3 Å². The number of carbonyl (C=O) groups excluding carboxylic acids is 1. The first-order valence-corrected chi connectivity index (χ1v) is 7.69. The molecule has 0 saturated carbocycles. The van der Waals surface area contributed by atoms with Crippen LogP contribution in [0.3, 0.4) is 0 Å². The number of hydrogen-bond donors (Lipinski definition) is 2. The number of nitrogens with zero attached hydrogens (tertiary/aromatic N) is 1. The smallest absolute Gasteiger partial charge is 0.274 e. The second-order valence-corrected chi connectivity index (χ2v) is 5.43. The first-order chi connectivity index (χ1) is 10.6. The summed E-state index contributed by atoms with van der Waals surface area (Å²) in [4.78, 5) is 16.6. The molecule has 0 aliphatic rings. The van der Waals surface area contributed by atoms with E-state index in [2.05, 4.69) is 22.5 Å². The third-order valence-electron chi connectivity index (χ3n) is 3.57. The van der Waals surface area contributed by atoms with E-state index in [9.17, 15) is 4.79 Å². The molecule has 1 amide bonds. The number of rotatable bonds is 6. The summed E-state index contributed by atoms with van der Waals surface area (Å²) < 4.78 is 0. The zero-order chi connectivity index (χ0) is 15.9. The van der Waals surface area contributed by atoms with Gasteiger partial charge in [-0.15, -0.1) is 0 Å². The van der Waals surface area contributed by atoms with Gasteiger partial charge in [-0.25, -0.2) is 0 Å². The Labute approximate surface area is 132 Å². The van der Waals surface area contributed by atoms with Crippen LogP contribution in [0.25, 0.3) is 0 Å². The Kier molecular flexibility index (Phi) is 5.53. The first-order valence-electron chi connectivity index (χ1n) is 7.69. The Bertz CT molecular complexity index is 632. The van der Waals surface area contributed by atoms with E-state index in [1.54, 1.807) is 12.3 Å². The van der Waals surface area contributed by atoms with Crippen LogP contribution in [0.2, 0.25) is 0 Å². The minimum absolute atomic E-state index is 0.184. The Hall–Kier alpha value is -2.36. The van der Waals surface area contributed by atoms with E-state index in [1.807, 2.05) is 38.1 Å². The van der Waals surface area contributed by atoms with Crippen LogP contribution in [0, 0.1) is 13.8 Å². The lowest BCUT2D eigenvalue weighted by Gasteiger charge is -2.12. The highest BCUT2D eigenvalue weighted by atomic mass is 16.1. The summed E-state index contributed by atoms with van der Waals surface area (Å²) in [5.41, 5.74) is 4.30. The number of aromatic nitrogens is 1. The highest BCUT2D eigenvalue weighted by Crippen LogP contribution is 2.20. The van der Waals surface area contributed by atoms with Gasteiger partial charge in [0.25, 0.3) is 5.91 Å². The normalized spacial score (nSPS) is 10.3. The number of amides is 1. The maximum absolute atomic E-state index is 12.4. The van der Waals surface area contributed by atoms with Gasteiger partial charge in [0.1, 0.15) is 5.69 Å². The van der Waals surface area contributed by atoms with E-state index < -0.39 is 0 Å². The van der Waals surface area contributed by atoms with E-state index >= 15 is 0 Å². The van der Waals surface area contributed by atoms with Gasteiger partial charge in [0, 0.05) is 24.1 Å². The minimum atomic E-state index is -0.184. The number of anilines is 2. The molecule has 0 fully saturated rings. The quantitative estimate of drug-likeness (QED) is 0.787. The van der Waals surface area contributed by atoms with Crippen LogP contribution in [-0.4, -0.2) is 17.4 Å². The predicted molar refractivity (Wildman–Crippen MR) is 91.5 cm³/mol. The zero-order valence-electron chi connectivity index (χ0n) is 13.4. The van der Waals surface area contributed by atoms with E-state index in [4.69, 9.17) is 0 Å². The van der Waals surface area contributed by atoms with Gasteiger partial charge in [-0.05, 0) is 43.5 Å². The average Bonchev–Trinajstić information content (AvgIpc) is 2.51. The third kappa shape index (κ3) is 4.07. The van der Waals surface area contributed by atoms with E-state index in [0.717, 1.165) is 41.9 Å². The Morgan fingerprint density at radius 3 is 2.59 bits per heavy atom. The molecule has 0 unspecified atom stereocenters. The van der Waals surface area contributed by atoms with Crippen LogP contribution in [0.5, 0.6) is 0 Å². The number of nitrogens with one attached hydrogen (secondary N) is 2. The van der Waals surface area contributed by atoms with Crippen molar-refractivity contribution in [2.24, 2.45) is 0 Å². The molecule has 0 bridgehead atoms. The fraction of sp³-hybridized carbons (Fsp3) is 0.333. The predicted octanol–water partition coefficient (Wildman–Crippen LogP) is 4.16. The molecule has 0 aliphatic carbocycles. The summed E-state index contributed by atoms with van der Waals surface area (Å²) in [5.74, 6) is -0.184. The summed E-state index contributed by atoms with van der Waals surface area (Å²) in [7, 11) is 0. The van der Waals surface area contributed by atoms with Gasteiger partial charge in [-0.1, -0.05) is 31.5 Å². The van der Waals surface area contributed by atoms with Crippen LogP contribution >= 0.6 is 0 Å². The molecule has 2 aromatic rings. The second-order valence-electron chi connectivity index (χ2n) is 5.43. The Morgan fingerprint density at radius 1 is 1.18 bits per heavy atom. The molecule has 0 radical (unpaired) electrons. The highest BCUT2D eigenvalue weighted by Gasteiger charge is 2.11. The van der Waals surface area contributed by atoms with Crippen molar-refractivity contribution in [3.8, 4) is 0 Å². The summed E-state index contributed by atoms with van der Waals surface area (Å²) in [5, 5.41) is 6.27. The molecule has 1 aromatic carbocycles. The van der Waals surface area contributed by atoms with Gasteiger partial charge in [0.05, 0.1) is 0 Å². The molecule has 2 rings (SSSR count). The minimum Gasteiger partial charge on any atom is -0.385 e. The lowest BCUT2D eigenvalue weighted by atomic mass is 10.1. The number of para-hydroxylation sites is 1. The lowest BCUT2D eigenvalue weighted by Crippen LogP contribution is -2.15.